The quantitative estimate of drug-likeness (QED) is 0.649. The molecule has 0 aromatic rings. The van der Waals surface area contributed by atoms with Crippen molar-refractivity contribution in [2.24, 2.45) is 17.3 Å². The molecule has 3 N–H and O–H groups in total. The van der Waals surface area contributed by atoms with Gasteiger partial charge in [0.25, 0.3) is 5.91 Å². The van der Waals surface area contributed by atoms with Gasteiger partial charge in [0.15, 0.2) is 6.10 Å². The van der Waals surface area contributed by atoms with Crippen LogP contribution >= 0.6 is 0 Å². The Morgan fingerprint density at radius 3 is 2.30 bits per heavy atom. The van der Waals surface area contributed by atoms with Crippen molar-refractivity contribution in [1.29, 1.82) is 0 Å². The second-order valence-electron chi connectivity index (χ2n) is 9.46. The third kappa shape index (κ3) is 3.71. The SMILES string of the molecule is C[C@@H](OC(=O)C12C[C@H]3C[C@@H](CC(O)(C3)C1)C2)C(=O)NC(=O)NC1CCCC1. The second-order valence-corrected chi connectivity index (χ2v) is 9.46. The number of rotatable bonds is 4. The number of aliphatic hydroxyl groups is 1. The molecule has 0 saturated heterocycles. The molecule has 7 nitrogen and oxygen atoms in total. The summed E-state index contributed by atoms with van der Waals surface area (Å²) in [5.41, 5.74) is -1.42. The zero-order valence-electron chi connectivity index (χ0n) is 16.0. The third-order valence-electron chi connectivity index (χ3n) is 7.04. The van der Waals surface area contributed by atoms with Crippen LogP contribution in [-0.2, 0) is 14.3 Å². The van der Waals surface area contributed by atoms with Crippen LogP contribution in [0.15, 0.2) is 0 Å². The largest absolute Gasteiger partial charge is 0.452 e. The van der Waals surface area contributed by atoms with E-state index in [2.05, 4.69) is 10.6 Å². The molecule has 5 saturated carbocycles. The van der Waals surface area contributed by atoms with E-state index in [0.29, 0.717) is 18.3 Å². The molecule has 150 valence electrons. The van der Waals surface area contributed by atoms with Crippen LogP contribution in [0.2, 0.25) is 0 Å². The number of hydrogen-bond acceptors (Lipinski definition) is 5. The maximum absolute atomic E-state index is 12.9. The first kappa shape index (κ1) is 18.7. The van der Waals surface area contributed by atoms with Crippen molar-refractivity contribution in [3.63, 3.8) is 0 Å². The Balaban J connectivity index is 1.32. The van der Waals surface area contributed by atoms with Crippen molar-refractivity contribution < 1.29 is 24.2 Å². The van der Waals surface area contributed by atoms with E-state index in [4.69, 9.17) is 4.74 Å². The maximum Gasteiger partial charge on any atom is 0.321 e. The number of carbonyl (C=O) groups excluding carboxylic acids is 3. The van der Waals surface area contributed by atoms with E-state index in [9.17, 15) is 19.5 Å². The van der Waals surface area contributed by atoms with E-state index in [1.807, 2.05) is 0 Å². The molecule has 0 spiro atoms. The highest BCUT2D eigenvalue weighted by molar-refractivity contribution is 5.97. The molecule has 0 aromatic carbocycles. The van der Waals surface area contributed by atoms with Crippen LogP contribution in [0.5, 0.6) is 0 Å². The molecule has 0 unspecified atom stereocenters. The van der Waals surface area contributed by atoms with E-state index in [0.717, 1.165) is 57.8 Å². The number of urea groups is 1. The number of hydrogen-bond donors (Lipinski definition) is 3. The standard InChI is InChI=1S/C20H30N2O5/c1-12(16(23)22-18(25)21-15-4-2-3-5-15)27-17(24)19-7-13-6-14(8-19)10-20(26,9-13)11-19/h12-15,26H,2-11H2,1H3,(H2,21,22,23,25)/t12-,13-,14-,19?,20?/m1/s1. The van der Waals surface area contributed by atoms with Crippen molar-refractivity contribution in [2.45, 2.75) is 88.9 Å². The van der Waals surface area contributed by atoms with Gasteiger partial charge in [-0.05, 0) is 70.1 Å². The van der Waals surface area contributed by atoms with Gasteiger partial charge in [-0.3, -0.25) is 14.9 Å². The summed E-state index contributed by atoms with van der Waals surface area (Å²) < 4.78 is 5.47. The molecule has 5 rings (SSSR count). The topological polar surface area (TPSA) is 105 Å². The number of nitrogens with one attached hydrogen (secondary N) is 2. The number of ether oxygens (including phenoxy) is 1. The zero-order valence-corrected chi connectivity index (χ0v) is 16.0. The first-order valence-corrected chi connectivity index (χ1v) is 10.3. The number of esters is 1. The minimum absolute atomic E-state index is 0.114. The summed E-state index contributed by atoms with van der Waals surface area (Å²) >= 11 is 0. The third-order valence-corrected chi connectivity index (χ3v) is 7.04. The van der Waals surface area contributed by atoms with Gasteiger partial charge >= 0.3 is 12.0 Å². The minimum Gasteiger partial charge on any atom is -0.452 e. The smallest absolute Gasteiger partial charge is 0.321 e. The molecule has 27 heavy (non-hydrogen) atoms. The summed E-state index contributed by atoms with van der Waals surface area (Å²) in [7, 11) is 0. The summed E-state index contributed by atoms with van der Waals surface area (Å²) in [5.74, 6) is -0.272. The average Bonchev–Trinajstić information content (AvgIpc) is 3.05. The van der Waals surface area contributed by atoms with Crippen molar-refractivity contribution in [1.82, 2.24) is 10.6 Å². The molecule has 5 fully saturated rings. The molecule has 0 heterocycles. The molecule has 5 aliphatic carbocycles. The van der Waals surface area contributed by atoms with E-state index in [1.54, 1.807) is 0 Å². The van der Waals surface area contributed by atoms with Crippen molar-refractivity contribution >= 4 is 17.9 Å². The highest BCUT2D eigenvalue weighted by atomic mass is 16.5. The van der Waals surface area contributed by atoms with Gasteiger partial charge < -0.3 is 15.2 Å². The molecule has 5 aliphatic rings. The maximum atomic E-state index is 12.9. The molecule has 4 bridgehead atoms. The summed E-state index contributed by atoms with van der Waals surface area (Å²) in [5, 5.41) is 15.8. The van der Waals surface area contributed by atoms with Gasteiger partial charge in [0.2, 0.25) is 0 Å². The number of carbonyl (C=O) groups is 3. The average molecular weight is 378 g/mol. The van der Waals surface area contributed by atoms with Gasteiger partial charge in [-0.2, -0.15) is 0 Å². The zero-order chi connectivity index (χ0) is 19.2. The Morgan fingerprint density at radius 1 is 1.07 bits per heavy atom. The highest BCUT2D eigenvalue weighted by Gasteiger charge is 2.61. The number of amides is 3. The first-order chi connectivity index (χ1) is 12.8. The first-order valence-electron chi connectivity index (χ1n) is 10.3. The summed E-state index contributed by atoms with van der Waals surface area (Å²) in [6.07, 6.45) is 7.53. The van der Waals surface area contributed by atoms with Crippen molar-refractivity contribution in [2.75, 3.05) is 0 Å². The van der Waals surface area contributed by atoms with Gasteiger partial charge in [-0.15, -0.1) is 0 Å². The Bertz CT molecular complexity index is 628. The van der Waals surface area contributed by atoms with Gasteiger partial charge in [0.1, 0.15) is 0 Å². The normalized spacial score (nSPS) is 38.4. The summed E-state index contributed by atoms with van der Waals surface area (Å²) in [6, 6.07) is -0.415. The van der Waals surface area contributed by atoms with Crippen LogP contribution in [0.25, 0.3) is 0 Å². The van der Waals surface area contributed by atoms with Crippen LogP contribution in [-0.4, -0.2) is 40.8 Å². The lowest BCUT2D eigenvalue weighted by atomic mass is 9.48. The van der Waals surface area contributed by atoms with E-state index < -0.39 is 35.0 Å². The van der Waals surface area contributed by atoms with Gasteiger partial charge in [-0.25, -0.2) is 4.79 Å². The van der Waals surface area contributed by atoms with E-state index >= 15 is 0 Å². The lowest BCUT2D eigenvalue weighted by Crippen LogP contribution is -2.59. The van der Waals surface area contributed by atoms with E-state index in [1.165, 1.54) is 6.92 Å². The Morgan fingerprint density at radius 2 is 1.70 bits per heavy atom. The van der Waals surface area contributed by atoms with E-state index in [-0.39, 0.29) is 6.04 Å². The van der Waals surface area contributed by atoms with Crippen LogP contribution in [0, 0.1) is 17.3 Å². The molecular formula is C20H30N2O5. The van der Waals surface area contributed by atoms with Crippen LogP contribution in [0.1, 0.15) is 71.1 Å². The predicted molar refractivity (Wildman–Crippen MR) is 96.5 cm³/mol. The Hall–Kier alpha value is -1.63. The molecule has 0 radical (unpaired) electrons. The Kier molecular flexibility index (Phi) is 4.69. The molecular weight excluding hydrogens is 348 g/mol. The van der Waals surface area contributed by atoms with Gasteiger partial charge in [0.05, 0.1) is 11.0 Å². The fourth-order valence-electron chi connectivity index (χ4n) is 6.30. The fraction of sp³-hybridized carbons (Fsp3) is 0.850. The lowest BCUT2D eigenvalue weighted by molar-refractivity contribution is -0.199. The molecule has 3 atom stereocenters. The fourth-order valence-corrected chi connectivity index (χ4v) is 6.30. The second kappa shape index (κ2) is 6.76. The summed E-state index contributed by atoms with van der Waals surface area (Å²) in [6.45, 7) is 1.49. The lowest BCUT2D eigenvalue weighted by Gasteiger charge is -2.58. The Labute approximate surface area is 159 Å². The van der Waals surface area contributed by atoms with Gasteiger partial charge in [-0.1, -0.05) is 12.8 Å². The monoisotopic (exact) mass is 378 g/mol. The minimum atomic E-state index is -1.03. The van der Waals surface area contributed by atoms with Crippen LogP contribution < -0.4 is 10.6 Å². The molecule has 0 aromatic heterocycles. The van der Waals surface area contributed by atoms with Crippen LogP contribution in [0.3, 0.4) is 0 Å². The van der Waals surface area contributed by atoms with Crippen molar-refractivity contribution in [3.05, 3.63) is 0 Å². The molecule has 3 amide bonds. The molecule has 7 heteroatoms. The van der Waals surface area contributed by atoms with Crippen molar-refractivity contribution in [3.8, 4) is 0 Å². The van der Waals surface area contributed by atoms with Crippen LogP contribution in [0.4, 0.5) is 4.79 Å². The van der Waals surface area contributed by atoms with Gasteiger partial charge in [0, 0.05) is 6.04 Å². The highest BCUT2D eigenvalue weighted by Crippen LogP contribution is 2.62. The summed E-state index contributed by atoms with van der Waals surface area (Å²) in [4.78, 5) is 37.1. The predicted octanol–water partition coefficient (Wildman–Crippen LogP) is 2.02. The molecule has 0 aliphatic heterocycles. The number of imide groups is 1.